The van der Waals surface area contributed by atoms with E-state index in [0.717, 1.165) is 19.6 Å². The van der Waals surface area contributed by atoms with Crippen molar-refractivity contribution >= 4 is 23.3 Å². The van der Waals surface area contributed by atoms with E-state index in [1.807, 2.05) is 0 Å². The van der Waals surface area contributed by atoms with Crippen molar-refractivity contribution in [3.8, 4) is 11.8 Å². The van der Waals surface area contributed by atoms with Gasteiger partial charge in [-0.05, 0) is 50.2 Å². The normalized spacial score (nSPS) is 14.4. The van der Waals surface area contributed by atoms with Gasteiger partial charge in [0.1, 0.15) is 0 Å². The molecule has 106 valence electrons. The minimum Gasteiger partial charge on any atom is -0.327 e. The van der Waals surface area contributed by atoms with E-state index in [1.165, 1.54) is 12.8 Å². The summed E-state index contributed by atoms with van der Waals surface area (Å²) in [5.41, 5.74) is 0.705. The Balaban J connectivity index is 1.64. The van der Waals surface area contributed by atoms with Crippen molar-refractivity contribution in [2.75, 3.05) is 31.5 Å². The Hall–Kier alpha value is -1.70. The fourth-order valence-electron chi connectivity index (χ4n) is 2.00. The van der Waals surface area contributed by atoms with Gasteiger partial charge < -0.3 is 10.6 Å². The molecular formula is C15H18ClN3O. The number of hydrogen-bond donors (Lipinski definition) is 2. The molecule has 1 saturated heterocycles. The number of likely N-dealkylation sites (tertiary alicyclic amines) is 1. The Labute approximate surface area is 124 Å². The summed E-state index contributed by atoms with van der Waals surface area (Å²) >= 11 is 5.77. The third-order valence-electron chi connectivity index (χ3n) is 3.07. The molecule has 2 rings (SSSR count). The Morgan fingerprint density at radius 1 is 1.20 bits per heavy atom. The number of carbonyl (C=O) groups is 1. The van der Waals surface area contributed by atoms with Gasteiger partial charge in [0.15, 0.2) is 0 Å². The molecule has 1 aromatic carbocycles. The number of anilines is 1. The largest absolute Gasteiger partial charge is 0.327 e. The van der Waals surface area contributed by atoms with Crippen LogP contribution < -0.4 is 10.6 Å². The first-order valence-corrected chi connectivity index (χ1v) is 7.10. The molecule has 2 amide bonds. The zero-order valence-electron chi connectivity index (χ0n) is 11.3. The van der Waals surface area contributed by atoms with E-state index in [9.17, 15) is 4.79 Å². The van der Waals surface area contributed by atoms with Gasteiger partial charge in [0.2, 0.25) is 0 Å². The summed E-state index contributed by atoms with van der Waals surface area (Å²) in [4.78, 5) is 13.9. The van der Waals surface area contributed by atoms with Crippen LogP contribution in [-0.2, 0) is 0 Å². The number of nitrogens with one attached hydrogen (secondary N) is 2. The molecule has 0 aliphatic carbocycles. The first-order chi connectivity index (χ1) is 9.74. The van der Waals surface area contributed by atoms with Crippen LogP contribution in [0.25, 0.3) is 0 Å². The molecule has 0 unspecified atom stereocenters. The summed E-state index contributed by atoms with van der Waals surface area (Å²) in [6.45, 7) is 3.42. The number of rotatable bonds is 3. The van der Waals surface area contributed by atoms with Crippen molar-refractivity contribution in [2.45, 2.75) is 12.8 Å². The van der Waals surface area contributed by atoms with Crippen LogP contribution in [0.4, 0.5) is 10.5 Å². The lowest BCUT2D eigenvalue weighted by Crippen LogP contribution is -2.29. The second kappa shape index (κ2) is 7.78. The maximum absolute atomic E-state index is 11.6. The topological polar surface area (TPSA) is 44.4 Å². The highest BCUT2D eigenvalue weighted by Crippen LogP contribution is 2.12. The van der Waals surface area contributed by atoms with Crippen molar-refractivity contribution in [3.63, 3.8) is 0 Å². The third kappa shape index (κ3) is 5.12. The molecule has 2 N–H and O–H groups in total. The molecule has 0 aromatic heterocycles. The minimum absolute atomic E-state index is 0.261. The monoisotopic (exact) mass is 291 g/mol. The van der Waals surface area contributed by atoms with Gasteiger partial charge in [-0.25, -0.2) is 4.79 Å². The van der Waals surface area contributed by atoms with Crippen molar-refractivity contribution in [2.24, 2.45) is 0 Å². The summed E-state index contributed by atoms with van der Waals surface area (Å²) in [5, 5.41) is 6.05. The first-order valence-electron chi connectivity index (χ1n) is 6.72. The lowest BCUT2D eigenvalue weighted by molar-refractivity contribution is 0.253. The maximum Gasteiger partial charge on any atom is 0.319 e. The second-order valence-electron chi connectivity index (χ2n) is 4.65. The van der Waals surface area contributed by atoms with E-state index in [4.69, 9.17) is 11.6 Å². The van der Waals surface area contributed by atoms with Crippen LogP contribution >= 0.6 is 11.6 Å². The molecule has 0 atom stereocenters. The van der Waals surface area contributed by atoms with Crippen LogP contribution in [-0.4, -0.2) is 37.1 Å². The van der Waals surface area contributed by atoms with Crippen LogP contribution in [0, 0.1) is 11.8 Å². The van der Waals surface area contributed by atoms with E-state index in [-0.39, 0.29) is 6.03 Å². The maximum atomic E-state index is 11.6. The predicted octanol–water partition coefficient (Wildman–Crippen LogP) is 2.56. The van der Waals surface area contributed by atoms with Crippen LogP contribution in [0.3, 0.4) is 0 Å². The van der Waals surface area contributed by atoms with Crippen LogP contribution in [0.1, 0.15) is 12.8 Å². The molecule has 1 fully saturated rings. The molecule has 0 saturated carbocycles. The average molecular weight is 292 g/mol. The Morgan fingerprint density at radius 2 is 1.90 bits per heavy atom. The van der Waals surface area contributed by atoms with E-state index in [1.54, 1.807) is 24.3 Å². The van der Waals surface area contributed by atoms with E-state index in [2.05, 4.69) is 27.4 Å². The zero-order chi connectivity index (χ0) is 14.2. The summed E-state index contributed by atoms with van der Waals surface area (Å²) < 4.78 is 0. The van der Waals surface area contributed by atoms with Crippen molar-refractivity contribution < 1.29 is 4.79 Å². The molecule has 20 heavy (non-hydrogen) atoms. The second-order valence-corrected chi connectivity index (χ2v) is 5.09. The zero-order valence-corrected chi connectivity index (χ0v) is 12.0. The first kappa shape index (κ1) is 14.7. The third-order valence-corrected chi connectivity index (χ3v) is 3.32. The van der Waals surface area contributed by atoms with E-state index >= 15 is 0 Å². The number of nitrogens with zero attached hydrogens (tertiary/aromatic N) is 1. The fourth-order valence-corrected chi connectivity index (χ4v) is 2.13. The van der Waals surface area contributed by atoms with Crippen molar-refractivity contribution in [3.05, 3.63) is 29.3 Å². The Bertz CT molecular complexity index is 498. The average Bonchev–Trinajstić information content (AvgIpc) is 2.94. The van der Waals surface area contributed by atoms with Gasteiger partial charge in [-0.2, -0.15) is 0 Å². The van der Waals surface area contributed by atoms with E-state index < -0.39 is 0 Å². The molecule has 0 radical (unpaired) electrons. The van der Waals surface area contributed by atoms with Gasteiger partial charge >= 0.3 is 6.03 Å². The molecule has 1 aromatic rings. The SMILES string of the molecule is O=C(NCC#CCN1CCCC1)Nc1ccc(Cl)cc1. The quantitative estimate of drug-likeness (QED) is 0.841. The van der Waals surface area contributed by atoms with Gasteiger partial charge in [-0.3, -0.25) is 4.90 Å². The minimum atomic E-state index is -0.261. The van der Waals surface area contributed by atoms with Gasteiger partial charge in [-0.15, -0.1) is 0 Å². The highest BCUT2D eigenvalue weighted by Gasteiger charge is 2.08. The number of carbonyl (C=O) groups excluding carboxylic acids is 1. The Morgan fingerprint density at radius 3 is 2.60 bits per heavy atom. The van der Waals surface area contributed by atoms with Crippen molar-refractivity contribution in [1.82, 2.24) is 10.2 Å². The fraction of sp³-hybridized carbons (Fsp3) is 0.400. The number of hydrogen-bond acceptors (Lipinski definition) is 2. The van der Waals surface area contributed by atoms with Crippen LogP contribution in [0.15, 0.2) is 24.3 Å². The van der Waals surface area contributed by atoms with Crippen LogP contribution in [0.5, 0.6) is 0 Å². The Kier molecular flexibility index (Phi) is 5.72. The molecule has 1 aliphatic heterocycles. The summed E-state index contributed by atoms with van der Waals surface area (Å²) in [7, 11) is 0. The molecule has 0 spiro atoms. The standard InChI is InChI=1S/C15H18ClN3O/c16-13-5-7-14(8-6-13)18-15(20)17-9-1-2-10-19-11-3-4-12-19/h5-8H,3-4,9-12H2,(H2,17,18,20). The highest BCUT2D eigenvalue weighted by molar-refractivity contribution is 6.30. The smallest absolute Gasteiger partial charge is 0.319 e. The van der Waals surface area contributed by atoms with Gasteiger partial charge in [0.05, 0.1) is 13.1 Å². The summed E-state index contributed by atoms with van der Waals surface area (Å²) in [6.07, 6.45) is 2.53. The molecule has 0 bridgehead atoms. The van der Waals surface area contributed by atoms with Gasteiger partial charge in [-0.1, -0.05) is 23.4 Å². The lowest BCUT2D eigenvalue weighted by Gasteiger charge is -2.08. The number of halogens is 1. The molecule has 4 nitrogen and oxygen atoms in total. The number of benzene rings is 1. The number of urea groups is 1. The summed E-state index contributed by atoms with van der Waals surface area (Å²) in [6, 6.07) is 6.70. The molecular weight excluding hydrogens is 274 g/mol. The van der Waals surface area contributed by atoms with Gasteiger partial charge in [0, 0.05) is 10.7 Å². The lowest BCUT2D eigenvalue weighted by atomic mass is 10.3. The number of amides is 2. The molecule has 1 aliphatic rings. The van der Waals surface area contributed by atoms with Crippen molar-refractivity contribution in [1.29, 1.82) is 0 Å². The predicted molar refractivity (Wildman–Crippen MR) is 81.9 cm³/mol. The molecule has 1 heterocycles. The van der Waals surface area contributed by atoms with Crippen LogP contribution in [0.2, 0.25) is 5.02 Å². The van der Waals surface area contributed by atoms with E-state index in [0.29, 0.717) is 17.3 Å². The van der Waals surface area contributed by atoms with Gasteiger partial charge in [0.25, 0.3) is 0 Å². The molecule has 5 heteroatoms. The summed E-state index contributed by atoms with van der Waals surface area (Å²) in [5.74, 6) is 6.02. The highest BCUT2D eigenvalue weighted by atomic mass is 35.5.